The van der Waals surface area contributed by atoms with E-state index in [0.29, 0.717) is 17.8 Å². The second kappa shape index (κ2) is 4.19. The van der Waals surface area contributed by atoms with Crippen LogP contribution in [-0.2, 0) is 6.42 Å². The van der Waals surface area contributed by atoms with Crippen molar-refractivity contribution in [1.82, 2.24) is 10.1 Å². The van der Waals surface area contributed by atoms with E-state index >= 15 is 0 Å². The standard InChI is InChI=1S/C10H10N2O4/c13-4-3-9-11-10(16-12-9)6-1-2-7(14)8(15)5-6/h1-2,5,13-15H,3-4H2. The van der Waals surface area contributed by atoms with Crippen LogP contribution in [0.3, 0.4) is 0 Å². The molecule has 2 rings (SSSR count). The molecule has 0 aliphatic rings. The van der Waals surface area contributed by atoms with Crippen LogP contribution in [0.2, 0.25) is 0 Å². The van der Waals surface area contributed by atoms with Crippen LogP contribution < -0.4 is 0 Å². The zero-order valence-electron chi connectivity index (χ0n) is 8.29. The molecule has 0 aliphatic heterocycles. The van der Waals surface area contributed by atoms with Crippen molar-refractivity contribution < 1.29 is 19.8 Å². The largest absolute Gasteiger partial charge is 0.504 e. The van der Waals surface area contributed by atoms with E-state index in [0.717, 1.165) is 0 Å². The lowest BCUT2D eigenvalue weighted by atomic mass is 10.2. The predicted octanol–water partition coefficient (Wildman–Crippen LogP) is 0.683. The monoisotopic (exact) mass is 222 g/mol. The van der Waals surface area contributed by atoms with Gasteiger partial charge >= 0.3 is 0 Å². The van der Waals surface area contributed by atoms with Crippen molar-refractivity contribution in [3.05, 3.63) is 24.0 Å². The van der Waals surface area contributed by atoms with Crippen LogP contribution in [0.25, 0.3) is 11.5 Å². The molecular formula is C10H10N2O4. The Kier molecular flexibility index (Phi) is 2.74. The van der Waals surface area contributed by atoms with Gasteiger partial charge in [0.05, 0.1) is 6.61 Å². The highest BCUT2D eigenvalue weighted by atomic mass is 16.5. The molecule has 0 atom stereocenters. The predicted molar refractivity (Wildman–Crippen MR) is 53.9 cm³/mol. The molecular weight excluding hydrogens is 212 g/mol. The Labute approximate surface area is 90.8 Å². The van der Waals surface area contributed by atoms with Gasteiger partial charge in [-0.15, -0.1) is 0 Å². The highest BCUT2D eigenvalue weighted by molar-refractivity contribution is 5.58. The van der Waals surface area contributed by atoms with Crippen LogP contribution in [-0.4, -0.2) is 32.1 Å². The first-order chi connectivity index (χ1) is 7.70. The highest BCUT2D eigenvalue weighted by Crippen LogP contribution is 2.29. The fourth-order valence-corrected chi connectivity index (χ4v) is 1.23. The third kappa shape index (κ3) is 1.96. The van der Waals surface area contributed by atoms with Crippen LogP contribution in [0.15, 0.2) is 22.7 Å². The van der Waals surface area contributed by atoms with Crippen molar-refractivity contribution >= 4 is 0 Å². The Bertz CT molecular complexity index is 495. The number of nitrogens with zero attached hydrogens (tertiary/aromatic N) is 2. The van der Waals surface area contributed by atoms with Gasteiger partial charge in [-0.05, 0) is 18.2 Å². The Morgan fingerprint density at radius 2 is 2.00 bits per heavy atom. The molecule has 1 heterocycles. The lowest BCUT2D eigenvalue weighted by Gasteiger charge is -1.98. The minimum absolute atomic E-state index is 0.0558. The first-order valence-corrected chi connectivity index (χ1v) is 4.66. The Hall–Kier alpha value is -2.08. The van der Waals surface area contributed by atoms with Gasteiger partial charge in [-0.3, -0.25) is 0 Å². The molecule has 0 spiro atoms. The topological polar surface area (TPSA) is 99.6 Å². The fraction of sp³-hybridized carbons (Fsp3) is 0.200. The molecule has 0 saturated heterocycles. The Morgan fingerprint density at radius 1 is 1.19 bits per heavy atom. The van der Waals surface area contributed by atoms with Crippen LogP contribution in [0.1, 0.15) is 5.82 Å². The van der Waals surface area contributed by atoms with Crippen molar-refractivity contribution in [2.75, 3.05) is 6.61 Å². The highest BCUT2D eigenvalue weighted by Gasteiger charge is 2.10. The lowest BCUT2D eigenvalue weighted by Crippen LogP contribution is -1.92. The van der Waals surface area contributed by atoms with Gasteiger partial charge in [0.1, 0.15) is 0 Å². The summed E-state index contributed by atoms with van der Waals surface area (Å²) in [6.45, 7) is -0.0558. The van der Waals surface area contributed by atoms with E-state index in [1.807, 2.05) is 0 Å². The van der Waals surface area contributed by atoms with Crippen LogP contribution in [0, 0.1) is 0 Å². The van der Waals surface area contributed by atoms with Gasteiger partial charge in [-0.2, -0.15) is 4.98 Å². The quantitative estimate of drug-likeness (QED) is 0.660. The number of rotatable bonds is 3. The molecule has 0 radical (unpaired) electrons. The summed E-state index contributed by atoms with van der Waals surface area (Å²) < 4.78 is 4.93. The number of aliphatic hydroxyl groups excluding tert-OH is 1. The fourth-order valence-electron chi connectivity index (χ4n) is 1.23. The summed E-state index contributed by atoms with van der Waals surface area (Å²) in [4.78, 5) is 4.01. The number of aromatic nitrogens is 2. The molecule has 0 unspecified atom stereocenters. The zero-order chi connectivity index (χ0) is 11.5. The number of aromatic hydroxyl groups is 2. The molecule has 0 fully saturated rings. The van der Waals surface area contributed by atoms with Gasteiger partial charge in [0.2, 0.25) is 0 Å². The average molecular weight is 222 g/mol. The zero-order valence-corrected chi connectivity index (χ0v) is 8.29. The van der Waals surface area contributed by atoms with E-state index < -0.39 is 0 Å². The minimum Gasteiger partial charge on any atom is -0.504 e. The molecule has 1 aromatic carbocycles. The maximum atomic E-state index is 9.29. The first-order valence-electron chi connectivity index (χ1n) is 4.66. The molecule has 16 heavy (non-hydrogen) atoms. The second-order valence-corrected chi connectivity index (χ2v) is 3.19. The maximum Gasteiger partial charge on any atom is 0.258 e. The van der Waals surface area contributed by atoms with E-state index in [9.17, 15) is 5.11 Å². The SMILES string of the molecule is OCCc1noc(-c2ccc(O)c(O)c2)n1. The van der Waals surface area contributed by atoms with E-state index in [4.69, 9.17) is 14.7 Å². The molecule has 0 amide bonds. The number of phenolic OH excluding ortho intramolecular Hbond substituents is 2. The molecule has 2 aromatic rings. The van der Waals surface area contributed by atoms with Crippen LogP contribution >= 0.6 is 0 Å². The number of aliphatic hydroxyl groups is 1. The van der Waals surface area contributed by atoms with Crippen molar-refractivity contribution in [3.63, 3.8) is 0 Å². The van der Waals surface area contributed by atoms with Crippen LogP contribution in [0.5, 0.6) is 11.5 Å². The molecule has 0 aliphatic carbocycles. The van der Waals surface area contributed by atoms with E-state index in [1.54, 1.807) is 6.07 Å². The summed E-state index contributed by atoms with van der Waals surface area (Å²) in [5, 5.41) is 30.8. The molecule has 6 nitrogen and oxygen atoms in total. The van der Waals surface area contributed by atoms with E-state index in [-0.39, 0.29) is 24.0 Å². The van der Waals surface area contributed by atoms with Gasteiger partial charge in [-0.1, -0.05) is 5.16 Å². The van der Waals surface area contributed by atoms with Crippen molar-refractivity contribution in [2.45, 2.75) is 6.42 Å². The summed E-state index contributed by atoms with van der Waals surface area (Å²) in [5.74, 6) is 0.169. The smallest absolute Gasteiger partial charge is 0.258 e. The van der Waals surface area contributed by atoms with Gasteiger partial charge in [-0.25, -0.2) is 0 Å². The molecule has 3 N–H and O–H groups in total. The maximum absolute atomic E-state index is 9.29. The number of benzene rings is 1. The normalized spacial score (nSPS) is 10.6. The Morgan fingerprint density at radius 3 is 2.69 bits per heavy atom. The number of phenols is 2. The lowest BCUT2D eigenvalue weighted by molar-refractivity contribution is 0.293. The number of hydrogen-bond acceptors (Lipinski definition) is 6. The van der Waals surface area contributed by atoms with E-state index in [1.165, 1.54) is 12.1 Å². The summed E-state index contributed by atoms with van der Waals surface area (Å²) in [5.41, 5.74) is 0.506. The molecule has 84 valence electrons. The van der Waals surface area contributed by atoms with Gasteiger partial charge < -0.3 is 19.8 Å². The summed E-state index contributed by atoms with van der Waals surface area (Å²) >= 11 is 0. The van der Waals surface area contributed by atoms with Crippen molar-refractivity contribution in [2.24, 2.45) is 0 Å². The molecule has 0 bridgehead atoms. The summed E-state index contributed by atoms with van der Waals surface area (Å²) in [6, 6.07) is 4.21. The molecule has 0 saturated carbocycles. The van der Waals surface area contributed by atoms with Crippen molar-refractivity contribution in [1.29, 1.82) is 0 Å². The van der Waals surface area contributed by atoms with Crippen molar-refractivity contribution in [3.8, 4) is 23.0 Å². The average Bonchev–Trinajstić information content (AvgIpc) is 2.71. The Balaban J connectivity index is 2.31. The van der Waals surface area contributed by atoms with Gasteiger partial charge in [0.25, 0.3) is 5.89 Å². The van der Waals surface area contributed by atoms with E-state index in [2.05, 4.69) is 10.1 Å². The summed E-state index contributed by atoms with van der Waals surface area (Å²) in [7, 11) is 0. The molecule has 1 aromatic heterocycles. The first kappa shape index (κ1) is 10.4. The number of hydrogen-bond donors (Lipinski definition) is 3. The summed E-state index contributed by atoms with van der Waals surface area (Å²) in [6.07, 6.45) is 0.313. The molecule has 6 heteroatoms. The minimum atomic E-state index is -0.251. The second-order valence-electron chi connectivity index (χ2n) is 3.19. The van der Waals surface area contributed by atoms with Gasteiger partial charge in [0, 0.05) is 12.0 Å². The van der Waals surface area contributed by atoms with Crippen LogP contribution in [0.4, 0.5) is 0 Å². The third-order valence-electron chi connectivity index (χ3n) is 2.03. The third-order valence-corrected chi connectivity index (χ3v) is 2.03. The van der Waals surface area contributed by atoms with Gasteiger partial charge in [0.15, 0.2) is 17.3 Å².